The SMILES string of the molecule is [C-]#[N+]C(C)(C)c1cc(Nc2nc3ncc(Oc4cnc5ccnn5c4)c(Cl)c3n2C)nn1C1CCOC1. The summed E-state index contributed by atoms with van der Waals surface area (Å²) in [5.74, 6) is 1.91. The van der Waals surface area contributed by atoms with Gasteiger partial charge in [0, 0.05) is 39.6 Å². The largest absolute Gasteiger partial charge is 0.451 e. The summed E-state index contributed by atoms with van der Waals surface area (Å²) in [7, 11) is 1.83. The van der Waals surface area contributed by atoms with Gasteiger partial charge in [-0.25, -0.2) is 21.1 Å². The highest BCUT2D eigenvalue weighted by Crippen LogP contribution is 2.36. The molecular weight excluding hydrogens is 496 g/mol. The van der Waals surface area contributed by atoms with E-state index in [0.29, 0.717) is 58.3 Å². The van der Waals surface area contributed by atoms with Gasteiger partial charge in [0.25, 0.3) is 5.54 Å². The number of anilines is 2. The number of hydrogen-bond acceptors (Lipinski definition) is 8. The predicted octanol–water partition coefficient (Wildman–Crippen LogP) is 4.51. The number of rotatable bonds is 6. The molecule has 6 heterocycles. The third-order valence-electron chi connectivity index (χ3n) is 6.39. The van der Waals surface area contributed by atoms with Gasteiger partial charge in [0.15, 0.2) is 28.6 Å². The van der Waals surface area contributed by atoms with E-state index in [1.165, 1.54) is 6.20 Å². The molecule has 0 saturated carbocycles. The lowest BCUT2D eigenvalue weighted by atomic mass is 10.0. The van der Waals surface area contributed by atoms with Crippen molar-refractivity contribution in [3.63, 3.8) is 0 Å². The Kier molecular flexibility index (Phi) is 5.47. The molecule has 188 valence electrons. The second kappa shape index (κ2) is 8.72. The monoisotopic (exact) mass is 518 g/mol. The van der Waals surface area contributed by atoms with Gasteiger partial charge < -0.3 is 24.2 Å². The van der Waals surface area contributed by atoms with Crippen LogP contribution in [0.3, 0.4) is 0 Å². The van der Waals surface area contributed by atoms with Gasteiger partial charge in [-0.15, -0.1) is 0 Å². The quantitative estimate of drug-likeness (QED) is 0.326. The fraction of sp³-hybridized carbons (Fsp3) is 0.333. The number of fused-ring (bicyclic) bond motifs is 2. The van der Waals surface area contributed by atoms with E-state index in [0.717, 1.165) is 12.1 Å². The summed E-state index contributed by atoms with van der Waals surface area (Å²) in [6.45, 7) is 12.7. The second-order valence-electron chi connectivity index (χ2n) is 9.30. The Balaban J connectivity index is 1.33. The number of aryl methyl sites for hydroxylation is 1. The molecule has 1 fully saturated rings. The Morgan fingerprint density at radius 1 is 1.30 bits per heavy atom. The molecule has 5 aromatic heterocycles. The summed E-state index contributed by atoms with van der Waals surface area (Å²) in [6, 6.07) is 3.76. The van der Waals surface area contributed by atoms with Crippen LogP contribution < -0.4 is 10.1 Å². The van der Waals surface area contributed by atoms with Crippen molar-refractivity contribution in [3.8, 4) is 11.5 Å². The molecule has 0 spiro atoms. The summed E-state index contributed by atoms with van der Waals surface area (Å²) in [4.78, 5) is 17.2. The zero-order chi connectivity index (χ0) is 25.7. The van der Waals surface area contributed by atoms with E-state index >= 15 is 0 Å². The van der Waals surface area contributed by atoms with Crippen molar-refractivity contribution in [3.05, 3.63) is 59.1 Å². The molecule has 1 atom stereocenters. The molecular formula is C24H23ClN10O2. The predicted molar refractivity (Wildman–Crippen MR) is 136 cm³/mol. The van der Waals surface area contributed by atoms with Gasteiger partial charge >= 0.3 is 0 Å². The zero-order valence-corrected chi connectivity index (χ0v) is 21.1. The smallest absolute Gasteiger partial charge is 0.268 e. The first-order valence-corrected chi connectivity index (χ1v) is 12.0. The van der Waals surface area contributed by atoms with Crippen molar-refractivity contribution in [2.45, 2.75) is 31.8 Å². The molecule has 1 aliphatic heterocycles. The Labute approximate surface area is 216 Å². The molecule has 1 aliphatic rings. The van der Waals surface area contributed by atoms with E-state index in [4.69, 9.17) is 32.7 Å². The highest BCUT2D eigenvalue weighted by Gasteiger charge is 2.35. The summed E-state index contributed by atoms with van der Waals surface area (Å²) >= 11 is 6.74. The normalized spacial score (nSPS) is 15.9. The number of hydrogen-bond donors (Lipinski definition) is 1. The second-order valence-corrected chi connectivity index (χ2v) is 9.68. The van der Waals surface area contributed by atoms with Crippen molar-refractivity contribution in [2.24, 2.45) is 7.05 Å². The Bertz CT molecular complexity index is 1670. The molecule has 13 heteroatoms. The lowest BCUT2D eigenvalue weighted by Crippen LogP contribution is -2.22. The fourth-order valence-electron chi connectivity index (χ4n) is 4.35. The van der Waals surface area contributed by atoms with Crippen LogP contribution >= 0.6 is 11.6 Å². The highest BCUT2D eigenvalue weighted by atomic mass is 35.5. The maximum Gasteiger partial charge on any atom is 0.268 e. The van der Waals surface area contributed by atoms with Crippen LogP contribution in [-0.4, -0.2) is 52.1 Å². The third kappa shape index (κ3) is 4.02. The minimum atomic E-state index is -0.743. The van der Waals surface area contributed by atoms with Crippen LogP contribution in [-0.2, 0) is 17.3 Å². The number of halogens is 1. The van der Waals surface area contributed by atoms with Crippen molar-refractivity contribution in [1.29, 1.82) is 0 Å². The van der Waals surface area contributed by atoms with E-state index < -0.39 is 5.54 Å². The van der Waals surface area contributed by atoms with Crippen molar-refractivity contribution in [2.75, 3.05) is 18.5 Å². The standard InChI is InChI=1S/C24H23ClN10O2/c1-24(2,26-3)17-9-18(32-35(17)14-6-8-36-13-14)30-23-31-22-21(33(23)4)20(25)16(11-28-22)37-15-10-27-19-5-7-29-34(19)12-15/h5,7,9-12,14H,6,8,13H2,1-2,4H3,(H,28,30,31,32). The molecule has 1 saturated heterocycles. The van der Waals surface area contributed by atoms with E-state index in [-0.39, 0.29) is 6.04 Å². The summed E-state index contributed by atoms with van der Waals surface area (Å²) in [6.07, 6.45) is 7.35. The summed E-state index contributed by atoms with van der Waals surface area (Å²) in [5, 5.41) is 12.6. The van der Waals surface area contributed by atoms with Gasteiger partial charge in [-0.05, 0) is 6.42 Å². The van der Waals surface area contributed by atoms with Gasteiger partial charge in [-0.2, -0.15) is 15.2 Å². The number of nitrogens with zero attached hydrogens (tertiary/aromatic N) is 9. The van der Waals surface area contributed by atoms with E-state index in [1.807, 2.05) is 31.6 Å². The maximum absolute atomic E-state index is 7.68. The third-order valence-corrected chi connectivity index (χ3v) is 6.75. The highest BCUT2D eigenvalue weighted by molar-refractivity contribution is 6.36. The maximum atomic E-state index is 7.68. The Hall–Kier alpha value is -4.21. The molecule has 1 unspecified atom stereocenters. The number of aromatic nitrogens is 8. The van der Waals surface area contributed by atoms with Crippen molar-refractivity contribution >= 4 is 40.2 Å². The molecule has 0 radical (unpaired) electrons. The minimum absolute atomic E-state index is 0.0817. The molecule has 5 aromatic rings. The average Bonchev–Trinajstić information content (AvgIpc) is 3.68. The Morgan fingerprint density at radius 3 is 2.95 bits per heavy atom. The number of pyridine rings is 1. The molecule has 37 heavy (non-hydrogen) atoms. The molecule has 0 aliphatic carbocycles. The average molecular weight is 519 g/mol. The summed E-state index contributed by atoms with van der Waals surface area (Å²) < 4.78 is 16.8. The van der Waals surface area contributed by atoms with Gasteiger partial charge in [-0.3, -0.25) is 4.68 Å². The summed E-state index contributed by atoms with van der Waals surface area (Å²) in [5.41, 5.74) is 1.83. The van der Waals surface area contributed by atoms with Gasteiger partial charge in [0.05, 0.1) is 37.4 Å². The van der Waals surface area contributed by atoms with Gasteiger partial charge in [0.1, 0.15) is 16.2 Å². The van der Waals surface area contributed by atoms with Crippen molar-refractivity contribution < 1.29 is 9.47 Å². The molecule has 0 amide bonds. The molecule has 0 aromatic carbocycles. The number of ether oxygens (including phenoxy) is 2. The van der Waals surface area contributed by atoms with Crippen LogP contribution in [0.1, 0.15) is 32.0 Å². The van der Waals surface area contributed by atoms with Crippen LogP contribution in [0.5, 0.6) is 11.5 Å². The first kappa shape index (κ1) is 23.2. The molecule has 12 nitrogen and oxygen atoms in total. The van der Waals surface area contributed by atoms with E-state index in [2.05, 4.69) is 30.2 Å². The van der Waals surface area contributed by atoms with E-state index in [1.54, 1.807) is 33.7 Å². The number of nitrogens with one attached hydrogen (secondary N) is 1. The minimum Gasteiger partial charge on any atom is -0.451 e. The molecule has 0 bridgehead atoms. The number of imidazole rings is 1. The van der Waals surface area contributed by atoms with Crippen LogP contribution in [0.4, 0.5) is 11.8 Å². The Morgan fingerprint density at radius 2 is 2.16 bits per heavy atom. The topological polar surface area (TPSA) is 114 Å². The molecule has 1 N–H and O–H groups in total. The van der Waals surface area contributed by atoms with Crippen LogP contribution in [0.25, 0.3) is 21.7 Å². The first-order valence-electron chi connectivity index (χ1n) is 11.7. The van der Waals surface area contributed by atoms with Gasteiger partial charge in [-0.1, -0.05) is 11.6 Å². The van der Waals surface area contributed by atoms with E-state index in [9.17, 15) is 0 Å². The van der Waals surface area contributed by atoms with Crippen LogP contribution in [0.15, 0.2) is 36.9 Å². The van der Waals surface area contributed by atoms with Crippen LogP contribution in [0, 0.1) is 6.57 Å². The fourth-order valence-corrected chi connectivity index (χ4v) is 4.64. The molecule has 6 rings (SSSR count). The lowest BCUT2D eigenvalue weighted by Gasteiger charge is -2.17. The zero-order valence-electron chi connectivity index (χ0n) is 20.4. The van der Waals surface area contributed by atoms with Crippen molar-refractivity contribution in [1.82, 2.24) is 38.9 Å². The van der Waals surface area contributed by atoms with Crippen LogP contribution in [0.2, 0.25) is 5.02 Å². The first-order chi connectivity index (χ1) is 17.8. The van der Waals surface area contributed by atoms with Gasteiger partial charge in [0.2, 0.25) is 5.95 Å². The lowest BCUT2D eigenvalue weighted by molar-refractivity contribution is 0.183.